The predicted octanol–water partition coefficient (Wildman–Crippen LogP) is 2.47. The largest absolute Gasteiger partial charge is 0.369 e. The molecule has 0 aliphatic carbocycles. The molecule has 1 aromatic carbocycles. The zero-order valence-electron chi connectivity index (χ0n) is 16.5. The third kappa shape index (κ3) is 4.42. The van der Waals surface area contributed by atoms with E-state index in [-0.39, 0.29) is 5.91 Å². The fourth-order valence-electron chi connectivity index (χ4n) is 3.74. The van der Waals surface area contributed by atoms with Gasteiger partial charge in [0.1, 0.15) is 11.5 Å². The smallest absolute Gasteiger partial charge is 0.275 e. The highest BCUT2D eigenvalue weighted by Crippen LogP contribution is 2.20. The molecule has 0 spiro atoms. The third-order valence-electron chi connectivity index (χ3n) is 5.54. The Bertz CT molecular complexity index is 778. The molecule has 7 heteroatoms. The Balaban J connectivity index is 1.35. The monoisotopic (exact) mass is 380 g/mol. The van der Waals surface area contributed by atoms with Crippen molar-refractivity contribution in [2.24, 2.45) is 0 Å². The number of aromatic nitrogens is 2. The van der Waals surface area contributed by atoms with Gasteiger partial charge in [-0.15, -0.1) is 0 Å². The molecule has 2 aromatic rings. The van der Waals surface area contributed by atoms with Crippen molar-refractivity contribution in [2.45, 2.75) is 19.3 Å². The molecule has 0 radical (unpaired) electrons. The topological polar surface area (TPSA) is 64.6 Å². The molecule has 0 bridgehead atoms. The lowest BCUT2D eigenvalue weighted by atomic mass is 10.1. The minimum absolute atomic E-state index is 0.231. The normalized spacial score (nSPS) is 18.2. The van der Waals surface area contributed by atoms with Crippen molar-refractivity contribution in [3.63, 3.8) is 0 Å². The molecule has 148 valence electrons. The Morgan fingerprint density at radius 2 is 1.57 bits per heavy atom. The zero-order valence-corrected chi connectivity index (χ0v) is 16.5. The van der Waals surface area contributed by atoms with Crippen LogP contribution < -0.4 is 15.1 Å². The Morgan fingerprint density at radius 3 is 2.21 bits per heavy atom. The summed E-state index contributed by atoms with van der Waals surface area (Å²) in [6.07, 6.45) is 6.93. The van der Waals surface area contributed by atoms with Crippen molar-refractivity contribution >= 4 is 23.1 Å². The maximum absolute atomic E-state index is 12.5. The first-order valence-electron chi connectivity index (χ1n) is 10.1. The van der Waals surface area contributed by atoms with Crippen molar-refractivity contribution in [3.05, 3.63) is 42.4 Å². The van der Waals surface area contributed by atoms with Crippen LogP contribution in [0.15, 0.2) is 36.7 Å². The van der Waals surface area contributed by atoms with Crippen molar-refractivity contribution < 1.29 is 4.79 Å². The summed E-state index contributed by atoms with van der Waals surface area (Å²) < 4.78 is 0. The minimum atomic E-state index is -0.231. The first-order valence-corrected chi connectivity index (χ1v) is 10.1. The molecule has 3 heterocycles. The van der Waals surface area contributed by atoms with Crippen LogP contribution in [-0.2, 0) is 0 Å². The molecular formula is C21H28N6O. The van der Waals surface area contributed by atoms with E-state index < -0.39 is 0 Å². The number of carbonyl (C=O) groups is 1. The molecule has 0 saturated carbocycles. The van der Waals surface area contributed by atoms with Gasteiger partial charge in [-0.3, -0.25) is 4.79 Å². The summed E-state index contributed by atoms with van der Waals surface area (Å²) in [7, 11) is 2.15. The van der Waals surface area contributed by atoms with Crippen LogP contribution in [0.2, 0.25) is 0 Å². The van der Waals surface area contributed by atoms with Gasteiger partial charge in [-0.1, -0.05) is 0 Å². The number of nitrogens with zero attached hydrogens (tertiary/aromatic N) is 5. The molecular weight excluding hydrogens is 352 g/mol. The first-order chi connectivity index (χ1) is 13.7. The molecule has 2 fully saturated rings. The number of likely N-dealkylation sites (N-methyl/N-ethyl adjacent to an activating group) is 1. The number of piperazine rings is 1. The predicted molar refractivity (Wildman–Crippen MR) is 112 cm³/mol. The number of hydrogen-bond donors (Lipinski definition) is 1. The lowest BCUT2D eigenvalue weighted by Crippen LogP contribution is -2.44. The van der Waals surface area contributed by atoms with Gasteiger partial charge < -0.3 is 20.0 Å². The number of piperidine rings is 1. The van der Waals surface area contributed by atoms with Gasteiger partial charge in [0.25, 0.3) is 5.91 Å². The van der Waals surface area contributed by atoms with Crippen LogP contribution >= 0.6 is 0 Å². The average Bonchev–Trinajstić information content (AvgIpc) is 2.76. The quantitative estimate of drug-likeness (QED) is 0.879. The summed E-state index contributed by atoms with van der Waals surface area (Å²) in [5.41, 5.74) is 2.30. The van der Waals surface area contributed by atoms with Gasteiger partial charge in [0.2, 0.25) is 0 Å². The summed E-state index contributed by atoms with van der Waals surface area (Å²) in [5, 5.41) is 2.91. The number of hydrogen-bond acceptors (Lipinski definition) is 6. The molecule has 2 aliphatic heterocycles. The Kier molecular flexibility index (Phi) is 5.71. The number of carbonyl (C=O) groups excluding carboxylic acids is 1. The molecule has 0 atom stereocenters. The van der Waals surface area contributed by atoms with Crippen molar-refractivity contribution in [3.8, 4) is 0 Å². The highest BCUT2D eigenvalue weighted by molar-refractivity contribution is 6.02. The summed E-state index contributed by atoms with van der Waals surface area (Å²) in [5.74, 6) is 0.623. The van der Waals surface area contributed by atoms with Crippen LogP contribution in [0.5, 0.6) is 0 Å². The van der Waals surface area contributed by atoms with Crippen LogP contribution in [0.4, 0.5) is 17.2 Å². The van der Waals surface area contributed by atoms with Crippen LogP contribution in [0, 0.1) is 0 Å². The molecule has 7 nitrogen and oxygen atoms in total. The van der Waals surface area contributed by atoms with Crippen molar-refractivity contribution in [1.29, 1.82) is 0 Å². The van der Waals surface area contributed by atoms with Gasteiger partial charge in [-0.2, -0.15) is 0 Å². The molecule has 4 rings (SSSR count). The second-order valence-electron chi connectivity index (χ2n) is 7.60. The molecule has 0 unspecified atom stereocenters. The fraction of sp³-hybridized carbons (Fsp3) is 0.476. The molecule has 28 heavy (non-hydrogen) atoms. The molecule has 1 amide bonds. The number of benzene rings is 1. The van der Waals surface area contributed by atoms with Gasteiger partial charge in [-0.05, 0) is 50.6 Å². The minimum Gasteiger partial charge on any atom is -0.369 e. The lowest BCUT2D eigenvalue weighted by Gasteiger charge is -2.34. The van der Waals surface area contributed by atoms with E-state index in [0.29, 0.717) is 5.69 Å². The van der Waals surface area contributed by atoms with Gasteiger partial charge >= 0.3 is 0 Å². The van der Waals surface area contributed by atoms with Gasteiger partial charge in [-0.25, -0.2) is 9.97 Å². The summed E-state index contributed by atoms with van der Waals surface area (Å²) in [4.78, 5) is 28.2. The van der Waals surface area contributed by atoms with Crippen LogP contribution in [0.1, 0.15) is 29.8 Å². The lowest BCUT2D eigenvalue weighted by molar-refractivity contribution is 0.102. The van der Waals surface area contributed by atoms with E-state index in [1.807, 2.05) is 12.1 Å². The van der Waals surface area contributed by atoms with Crippen LogP contribution in [0.3, 0.4) is 0 Å². The maximum Gasteiger partial charge on any atom is 0.275 e. The number of anilines is 3. The summed E-state index contributed by atoms with van der Waals surface area (Å²) >= 11 is 0. The van der Waals surface area contributed by atoms with E-state index in [1.54, 1.807) is 12.4 Å². The number of nitrogens with one attached hydrogen (secondary N) is 1. The molecule has 1 N–H and O–H groups in total. The Hall–Kier alpha value is -2.67. The molecule has 2 saturated heterocycles. The maximum atomic E-state index is 12.5. The molecule has 2 aliphatic rings. The van der Waals surface area contributed by atoms with Crippen molar-refractivity contribution in [1.82, 2.24) is 14.9 Å². The van der Waals surface area contributed by atoms with Gasteiger partial charge in [0, 0.05) is 50.6 Å². The van der Waals surface area contributed by atoms with Crippen molar-refractivity contribution in [2.75, 3.05) is 61.4 Å². The standard InChI is InChI=1S/C21H28N6O/c1-25-11-13-26(14-12-25)18-7-5-17(6-8-18)24-21(28)19-15-23-20(16-22-19)27-9-3-2-4-10-27/h5-8,15-16H,2-4,9-14H2,1H3,(H,24,28). The second kappa shape index (κ2) is 8.56. The van der Waals surface area contributed by atoms with E-state index in [2.05, 4.69) is 49.2 Å². The van der Waals surface area contributed by atoms with E-state index >= 15 is 0 Å². The van der Waals surface area contributed by atoms with E-state index in [4.69, 9.17) is 0 Å². The van der Waals surface area contributed by atoms with Gasteiger partial charge in [0.15, 0.2) is 0 Å². The number of rotatable bonds is 4. The van der Waals surface area contributed by atoms with E-state index in [0.717, 1.165) is 50.8 Å². The summed E-state index contributed by atoms with van der Waals surface area (Å²) in [6, 6.07) is 8.01. The van der Waals surface area contributed by atoms with E-state index in [9.17, 15) is 4.79 Å². The Morgan fingerprint density at radius 1 is 0.857 bits per heavy atom. The first kappa shape index (κ1) is 18.7. The average molecular weight is 380 g/mol. The Labute approximate surface area is 166 Å². The third-order valence-corrected chi connectivity index (χ3v) is 5.54. The summed E-state index contributed by atoms with van der Waals surface area (Å²) in [6.45, 7) is 6.23. The SMILES string of the molecule is CN1CCN(c2ccc(NC(=O)c3cnc(N4CCCCC4)cn3)cc2)CC1. The van der Waals surface area contributed by atoms with Crippen LogP contribution in [0.25, 0.3) is 0 Å². The molecule has 1 aromatic heterocycles. The highest BCUT2D eigenvalue weighted by atomic mass is 16.1. The van der Waals surface area contributed by atoms with E-state index in [1.165, 1.54) is 24.9 Å². The zero-order chi connectivity index (χ0) is 19.3. The second-order valence-corrected chi connectivity index (χ2v) is 7.60. The van der Waals surface area contributed by atoms with Crippen LogP contribution in [-0.4, -0.2) is 67.1 Å². The highest BCUT2D eigenvalue weighted by Gasteiger charge is 2.16. The fourth-order valence-corrected chi connectivity index (χ4v) is 3.74. The number of amides is 1. The van der Waals surface area contributed by atoms with Gasteiger partial charge in [0.05, 0.1) is 12.4 Å².